The minimum absolute atomic E-state index is 0.0578. The van der Waals surface area contributed by atoms with Gasteiger partial charge in [0.15, 0.2) is 0 Å². The van der Waals surface area contributed by atoms with Gasteiger partial charge in [0, 0.05) is 15.2 Å². The van der Waals surface area contributed by atoms with Crippen LogP contribution in [0.5, 0.6) is 0 Å². The summed E-state index contributed by atoms with van der Waals surface area (Å²) in [5.41, 5.74) is 3.92. The number of carbonyl (C=O) groups is 1. The Morgan fingerprint density at radius 2 is 1.61 bits per heavy atom. The summed E-state index contributed by atoms with van der Waals surface area (Å²) >= 11 is 9.35. The lowest BCUT2D eigenvalue weighted by molar-refractivity contribution is -0.114. The highest BCUT2D eigenvalue weighted by Gasteiger charge is 2.27. The average molecular weight is 522 g/mol. The summed E-state index contributed by atoms with van der Waals surface area (Å²) in [5.74, 6) is -0.447. The van der Waals surface area contributed by atoms with Gasteiger partial charge in [-0.05, 0) is 92.1 Å². The second-order valence-electron chi connectivity index (χ2n) is 7.25. The maximum absolute atomic E-state index is 13.4. The predicted octanol–water partition coefficient (Wildman–Crippen LogP) is 5.86. The van der Waals surface area contributed by atoms with E-state index in [9.17, 15) is 13.2 Å². The SMILES string of the molecule is Cc1ccc(N(CC(=O)Nc2ccc(Br)c(C)c2)S(=O)(=O)c2ccc(Cl)cc2)cc1C. The Hall–Kier alpha value is -2.35. The summed E-state index contributed by atoms with van der Waals surface area (Å²) in [6, 6.07) is 16.6. The van der Waals surface area contributed by atoms with Crippen LogP contribution in [0.4, 0.5) is 11.4 Å². The van der Waals surface area contributed by atoms with Gasteiger partial charge >= 0.3 is 0 Å². The Morgan fingerprint density at radius 3 is 2.23 bits per heavy atom. The second-order valence-corrected chi connectivity index (χ2v) is 10.4. The molecule has 3 aromatic rings. The van der Waals surface area contributed by atoms with Gasteiger partial charge < -0.3 is 5.32 Å². The molecule has 0 aliphatic rings. The van der Waals surface area contributed by atoms with E-state index in [1.807, 2.05) is 39.0 Å². The molecule has 0 bridgehead atoms. The molecule has 162 valence electrons. The number of halogens is 2. The van der Waals surface area contributed by atoms with E-state index in [2.05, 4.69) is 21.2 Å². The molecule has 0 aliphatic heterocycles. The van der Waals surface area contributed by atoms with Crippen molar-refractivity contribution in [1.29, 1.82) is 0 Å². The van der Waals surface area contributed by atoms with Gasteiger partial charge in [-0.3, -0.25) is 9.10 Å². The van der Waals surface area contributed by atoms with Crippen LogP contribution >= 0.6 is 27.5 Å². The van der Waals surface area contributed by atoms with E-state index in [1.165, 1.54) is 24.3 Å². The van der Waals surface area contributed by atoms with Crippen LogP contribution < -0.4 is 9.62 Å². The van der Waals surface area contributed by atoms with Crippen LogP contribution in [-0.2, 0) is 14.8 Å². The number of nitrogens with one attached hydrogen (secondary N) is 1. The summed E-state index contributed by atoms with van der Waals surface area (Å²) in [5, 5.41) is 3.21. The molecule has 31 heavy (non-hydrogen) atoms. The molecule has 0 fully saturated rings. The van der Waals surface area contributed by atoms with Crippen LogP contribution in [0.3, 0.4) is 0 Å². The highest BCUT2D eigenvalue weighted by atomic mass is 79.9. The first-order valence-corrected chi connectivity index (χ1v) is 12.1. The van der Waals surface area contributed by atoms with E-state index >= 15 is 0 Å². The molecule has 0 atom stereocenters. The molecule has 0 heterocycles. The average Bonchev–Trinajstić information content (AvgIpc) is 2.71. The molecular formula is C23H22BrClN2O3S. The van der Waals surface area contributed by atoms with Crippen molar-refractivity contribution in [3.05, 3.63) is 86.8 Å². The van der Waals surface area contributed by atoms with E-state index in [0.29, 0.717) is 16.4 Å². The Balaban J connectivity index is 1.97. The number of amides is 1. The van der Waals surface area contributed by atoms with Crippen LogP contribution in [0.25, 0.3) is 0 Å². The standard InChI is InChI=1S/C23H22BrClN2O3S/c1-15-4-8-20(13-16(15)2)27(31(29,30)21-9-5-18(25)6-10-21)14-23(28)26-19-7-11-22(24)17(3)12-19/h4-13H,14H2,1-3H3,(H,26,28). The molecule has 5 nitrogen and oxygen atoms in total. The molecule has 1 amide bonds. The van der Waals surface area contributed by atoms with Crippen molar-refractivity contribution in [1.82, 2.24) is 0 Å². The number of carbonyl (C=O) groups excluding carboxylic acids is 1. The van der Waals surface area contributed by atoms with Crippen molar-refractivity contribution in [3.63, 3.8) is 0 Å². The quantitative estimate of drug-likeness (QED) is 0.442. The van der Waals surface area contributed by atoms with Crippen LogP contribution in [0.15, 0.2) is 70.0 Å². The molecule has 0 radical (unpaired) electrons. The molecule has 0 aromatic heterocycles. The first-order valence-electron chi connectivity index (χ1n) is 9.49. The molecule has 0 aliphatic carbocycles. The van der Waals surface area contributed by atoms with Crippen molar-refractivity contribution in [3.8, 4) is 0 Å². The zero-order chi connectivity index (χ0) is 22.8. The molecule has 8 heteroatoms. The number of benzene rings is 3. The number of sulfonamides is 1. The minimum atomic E-state index is -4.00. The lowest BCUT2D eigenvalue weighted by atomic mass is 10.1. The number of aryl methyl sites for hydroxylation is 3. The number of hydrogen-bond donors (Lipinski definition) is 1. The Morgan fingerprint density at radius 1 is 0.935 bits per heavy atom. The highest BCUT2D eigenvalue weighted by Crippen LogP contribution is 2.27. The normalized spacial score (nSPS) is 11.3. The largest absolute Gasteiger partial charge is 0.325 e. The van der Waals surface area contributed by atoms with Crippen molar-refractivity contribution >= 4 is 54.8 Å². The van der Waals surface area contributed by atoms with E-state index in [1.54, 1.807) is 18.2 Å². The monoisotopic (exact) mass is 520 g/mol. The van der Waals surface area contributed by atoms with Gasteiger partial charge in [0.2, 0.25) is 5.91 Å². The molecule has 0 spiro atoms. The second kappa shape index (κ2) is 9.42. The fourth-order valence-electron chi connectivity index (χ4n) is 2.98. The van der Waals surface area contributed by atoms with Gasteiger partial charge in [0.1, 0.15) is 6.54 Å². The number of anilines is 2. The predicted molar refractivity (Wildman–Crippen MR) is 129 cm³/mol. The van der Waals surface area contributed by atoms with Crippen LogP contribution in [0.1, 0.15) is 16.7 Å². The third-order valence-electron chi connectivity index (χ3n) is 4.91. The Labute approximate surface area is 196 Å². The molecular weight excluding hydrogens is 500 g/mol. The number of rotatable bonds is 6. The third kappa shape index (κ3) is 5.47. The van der Waals surface area contributed by atoms with E-state index in [4.69, 9.17) is 11.6 Å². The third-order valence-corrected chi connectivity index (χ3v) is 7.84. The molecule has 0 saturated heterocycles. The molecule has 3 aromatic carbocycles. The van der Waals surface area contributed by atoms with Gasteiger partial charge in [-0.25, -0.2) is 8.42 Å². The van der Waals surface area contributed by atoms with Crippen LogP contribution in [0.2, 0.25) is 5.02 Å². The topological polar surface area (TPSA) is 66.5 Å². The van der Waals surface area contributed by atoms with E-state index in [-0.39, 0.29) is 11.4 Å². The maximum Gasteiger partial charge on any atom is 0.264 e. The molecule has 1 N–H and O–H groups in total. The number of hydrogen-bond acceptors (Lipinski definition) is 3. The molecule has 0 unspecified atom stereocenters. The summed E-state index contributed by atoms with van der Waals surface area (Å²) in [6.07, 6.45) is 0. The molecule has 0 saturated carbocycles. The fourth-order valence-corrected chi connectivity index (χ4v) is 4.77. The highest BCUT2D eigenvalue weighted by molar-refractivity contribution is 9.10. The van der Waals surface area contributed by atoms with E-state index in [0.717, 1.165) is 25.5 Å². The molecule has 3 rings (SSSR count). The summed E-state index contributed by atoms with van der Waals surface area (Å²) < 4.78 is 28.9. The van der Waals surface area contributed by atoms with Crippen LogP contribution in [0, 0.1) is 20.8 Å². The maximum atomic E-state index is 13.4. The number of nitrogens with zero attached hydrogens (tertiary/aromatic N) is 1. The minimum Gasteiger partial charge on any atom is -0.325 e. The Kier molecular flexibility index (Phi) is 7.09. The van der Waals surface area contributed by atoms with Crippen molar-refractivity contribution in [2.45, 2.75) is 25.7 Å². The van der Waals surface area contributed by atoms with Gasteiger partial charge in [0.05, 0.1) is 10.6 Å². The summed E-state index contributed by atoms with van der Waals surface area (Å²) in [6.45, 7) is 5.38. The van der Waals surface area contributed by atoms with Gasteiger partial charge in [-0.15, -0.1) is 0 Å². The summed E-state index contributed by atoms with van der Waals surface area (Å²) in [4.78, 5) is 12.9. The van der Waals surface area contributed by atoms with E-state index < -0.39 is 15.9 Å². The van der Waals surface area contributed by atoms with Gasteiger partial charge in [-0.2, -0.15) is 0 Å². The first-order chi connectivity index (χ1) is 14.6. The zero-order valence-corrected chi connectivity index (χ0v) is 20.5. The van der Waals surface area contributed by atoms with Gasteiger partial charge in [-0.1, -0.05) is 33.6 Å². The summed E-state index contributed by atoms with van der Waals surface area (Å²) in [7, 11) is -4.00. The van der Waals surface area contributed by atoms with Crippen LogP contribution in [-0.4, -0.2) is 20.9 Å². The lowest BCUT2D eigenvalue weighted by Crippen LogP contribution is -2.38. The lowest BCUT2D eigenvalue weighted by Gasteiger charge is -2.25. The fraction of sp³-hybridized carbons (Fsp3) is 0.174. The van der Waals surface area contributed by atoms with Gasteiger partial charge in [0.25, 0.3) is 10.0 Å². The Bertz CT molecular complexity index is 1230. The van der Waals surface area contributed by atoms with Crippen molar-refractivity contribution < 1.29 is 13.2 Å². The smallest absolute Gasteiger partial charge is 0.264 e. The van der Waals surface area contributed by atoms with Crippen molar-refractivity contribution in [2.75, 3.05) is 16.2 Å². The van der Waals surface area contributed by atoms with Crippen molar-refractivity contribution in [2.24, 2.45) is 0 Å². The zero-order valence-electron chi connectivity index (χ0n) is 17.3. The first kappa shape index (κ1) is 23.3.